The molecule has 1 fully saturated rings. The quantitative estimate of drug-likeness (QED) is 0.0910. The van der Waals surface area contributed by atoms with E-state index in [1.165, 1.54) is 32.6 Å². The summed E-state index contributed by atoms with van der Waals surface area (Å²) in [6, 6.07) is -7.12. The molecule has 0 aromatic carbocycles. The van der Waals surface area contributed by atoms with Gasteiger partial charge in [0.25, 0.3) is 5.91 Å². The van der Waals surface area contributed by atoms with Crippen LogP contribution in [0.5, 0.6) is 0 Å². The third-order valence-electron chi connectivity index (χ3n) is 9.86. The number of rotatable bonds is 20. The Morgan fingerprint density at radius 1 is 0.660 bits per heavy atom. The van der Waals surface area contributed by atoms with Crippen molar-refractivity contribution >= 4 is 35.4 Å². The van der Waals surface area contributed by atoms with Gasteiger partial charge in [0, 0.05) is 0 Å². The van der Waals surface area contributed by atoms with Crippen LogP contribution in [0.4, 0.5) is 0 Å². The van der Waals surface area contributed by atoms with E-state index in [1.807, 2.05) is 20.8 Å². The normalized spacial score (nSPS) is 24.1. The molecule has 0 radical (unpaired) electrons. The smallest absolute Gasteiger partial charge is 0.252 e. The van der Waals surface area contributed by atoms with Crippen LogP contribution < -0.4 is 21.3 Å². The van der Waals surface area contributed by atoms with Crippen LogP contribution in [0.15, 0.2) is 0 Å². The molecule has 8 unspecified atom stereocenters. The molecule has 0 aromatic heterocycles. The number of imide groups is 1. The van der Waals surface area contributed by atoms with E-state index in [-0.39, 0.29) is 24.7 Å². The maximum absolute atomic E-state index is 14.6. The second-order valence-electron chi connectivity index (χ2n) is 15.8. The molecule has 0 bridgehead atoms. The number of carbonyl (C=O) groups is 6. The molecule has 53 heavy (non-hydrogen) atoms. The lowest BCUT2D eigenvalue weighted by Gasteiger charge is -2.36. The van der Waals surface area contributed by atoms with Gasteiger partial charge in [0.1, 0.15) is 30.2 Å². The number of hydrogen-bond donors (Lipinski definition) is 7. The second kappa shape index (κ2) is 25.1. The first-order chi connectivity index (χ1) is 25.0. The molecule has 1 saturated heterocycles. The Morgan fingerprint density at radius 3 is 1.68 bits per heavy atom. The van der Waals surface area contributed by atoms with Gasteiger partial charge in [0.05, 0.1) is 25.2 Å². The second-order valence-corrected chi connectivity index (χ2v) is 15.8. The first-order valence-electron chi connectivity index (χ1n) is 20.0. The summed E-state index contributed by atoms with van der Waals surface area (Å²) in [4.78, 5) is 84.3. The van der Waals surface area contributed by atoms with Crippen molar-refractivity contribution in [3.63, 3.8) is 0 Å². The van der Waals surface area contributed by atoms with Crippen molar-refractivity contribution in [1.29, 1.82) is 0 Å². The summed E-state index contributed by atoms with van der Waals surface area (Å²) in [5, 5.41) is 41.7. The maximum atomic E-state index is 14.6. The molecule has 6 amide bonds. The molecule has 0 aliphatic carbocycles. The lowest BCUT2D eigenvalue weighted by atomic mass is 9.93. The Labute approximate surface area is 317 Å². The summed E-state index contributed by atoms with van der Waals surface area (Å²) in [6.07, 6.45) is 7.60. The monoisotopic (exact) mass is 754 g/mol. The van der Waals surface area contributed by atoms with Gasteiger partial charge in [-0.15, -0.1) is 0 Å². The van der Waals surface area contributed by atoms with Crippen LogP contribution in [-0.4, -0.2) is 105 Å². The zero-order chi connectivity index (χ0) is 40.2. The molecule has 14 heteroatoms. The van der Waals surface area contributed by atoms with Gasteiger partial charge in [-0.3, -0.25) is 33.7 Å². The Kier molecular flexibility index (Phi) is 22.7. The van der Waals surface area contributed by atoms with E-state index < -0.39 is 96.8 Å². The maximum Gasteiger partial charge on any atom is 0.252 e. The first kappa shape index (κ1) is 47.9. The van der Waals surface area contributed by atoms with Crippen LogP contribution >= 0.6 is 0 Å². The summed E-state index contributed by atoms with van der Waals surface area (Å²) in [5.74, 6) is -6.04. The van der Waals surface area contributed by atoms with Gasteiger partial charge in [0.15, 0.2) is 0 Å². The van der Waals surface area contributed by atoms with Crippen molar-refractivity contribution in [2.24, 2.45) is 17.8 Å². The molecule has 14 nitrogen and oxygen atoms in total. The van der Waals surface area contributed by atoms with Gasteiger partial charge in [-0.05, 0) is 43.9 Å². The van der Waals surface area contributed by atoms with Gasteiger partial charge in [-0.2, -0.15) is 0 Å². The van der Waals surface area contributed by atoms with Gasteiger partial charge in [0.2, 0.25) is 29.5 Å². The standard InChI is InChI=1S/C39H71N5O9/c1-9-11-12-13-14-15-16-17-18-19-28(47)22-32(48)44-31(21-25(5)6)37(51)41-30(23-45)36(50)43-34(27(8)46)38(52)40-29(20-24(3)4)35(49)42-33(39(44)53)26(7)10-2/h24-31,33-34,45-47H,9-23H2,1-8H3,(H,40,52)(H,41,51)(H,42,49)(H,43,50). The molecule has 0 saturated carbocycles. The Morgan fingerprint density at radius 2 is 1.17 bits per heavy atom. The summed E-state index contributed by atoms with van der Waals surface area (Å²) in [7, 11) is 0. The highest BCUT2D eigenvalue weighted by Gasteiger charge is 2.43. The van der Waals surface area contributed by atoms with Crippen molar-refractivity contribution < 1.29 is 44.1 Å². The molecule has 1 aliphatic heterocycles. The van der Waals surface area contributed by atoms with Crippen molar-refractivity contribution in [1.82, 2.24) is 26.2 Å². The number of aliphatic hydroxyl groups is 3. The van der Waals surface area contributed by atoms with Crippen molar-refractivity contribution in [2.75, 3.05) is 6.61 Å². The Bertz CT molecular complexity index is 1160. The highest BCUT2D eigenvalue weighted by atomic mass is 16.3. The zero-order valence-corrected chi connectivity index (χ0v) is 33.6. The van der Waals surface area contributed by atoms with E-state index in [9.17, 15) is 44.1 Å². The van der Waals surface area contributed by atoms with E-state index in [4.69, 9.17) is 0 Å². The Hall–Kier alpha value is -3.10. The van der Waals surface area contributed by atoms with E-state index in [2.05, 4.69) is 28.2 Å². The lowest BCUT2D eigenvalue weighted by molar-refractivity contribution is -0.156. The zero-order valence-electron chi connectivity index (χ0n) is 33.6. The van der Waals surface area contributed by atoms with E-state index in [0.29, 0.717) is 19.3 Å². The predicted octanol–water partition coefficient (Wildman–Crippen LogP) is 2.85. The van der Waals surface area contributed by atoms with Crippen LogP contribution in [0.3, 0.4) is 0 Å². The van der Waals surface area contributed by atoms with Gasteiger partial charge in [-0.1, -0.05) is 113 Å². The third-order valence-corrected chi connectivity index (χ3v) is 9.86. The first-order valence-corrected chi connectivity index (χ1v) is 20.0. The van der Waals surface area contributed by atoms with Crippen molar-refractivity contribution in [3.05, 3.63) is 0 Å². The molecule has 1 rings (SSSR count). The minimum atomic E-state index is -1.61. The van der Waals surface area contributed by atoms with Crippen LogP contribution in [0.2, 0.25) is 0 Å². The highest BCUT2D eigenvalue weighted by molar-refractivity contribution is 6.05. The predicted molar refractivity (Wildman–Crippen MR) is 203 cm³/mol. The Balaban J connectivity index is 3.61. The van der Waals surface area contributed by atoms with E-state index in [1.54, 1.807) is 20.8 Å². The van der Waals surface area contributed by atoms with E-state index >= 15 is 0 Å². The van der Waals surface area contributed by atoms with Crippen LogP contribution in [0.1, 0.15) is 145 Å². The fourth-order valence-corrected chi connectivity index (χ4v) is 6.49. The molecule has 306 valence electrons. The number of amides is 6. The fourth-order valence-electron chi connectivity index (χ4n) is 6.49. The van der Waals surface area contributed by atoms with Crippen molar-refractivity contribution in [3.8, 4) is 0 Å². The van der Waals surface area contributed by atoms with Crippen LogP contribution in [0, 0.1) is 17.8 Å². The number of aliphatic hydroxyl groups excluding tert-OH is 3. The number of unbranched alkanes of at least 4 members (excludes halogenated alkanes) is 8. The van der Waals surface area contributed by atoms with Gasteiger partial charge in [-0.25, -0.2) is 0 Å². The van der Waals surface area contributed by atoms with E-state index in [0.717, 1.165) is 30.6 Å². The average molecular weight is 754 g/mol. The molecular weight excluding hydrogens is 682 g/mol. The molecule has 7 N–H and O–H groups in total. The fraction of sp³-hybridized carbons (Fsp3) is 0.846. The van der Waals surface area contributed by atoms with Crippen LogP contribution in [0.25, 0.3) is 0 Å². The summed E-state index contributed by atoms with van der Waals surface area (Å²) < 4.78 is 0. The lowest BCUT2D eigenvalue weighted by Crippen LogP contribution is -2.62. The number of nitrogens with one attached hydrogen (secondary N) is 4. The summed E-state index contributed by atoms with van der Waals surface area (Å²) >= 11 is 0. The SMILES string of the molecule is CCCCCCCCCCCC(O)CC(=O)N1C(=O)C(C(C)CC)NC(=O)C(CC(C)C)NC(=O)C(C(C)O)NC(=O)C(CO)NC(=O)C1CC(C)C. The molecule has 8 atom stereocenters. The molecule has 0 spiro atoms. The van der Waals surface area contributed by atoms with Gasteiger partial charge < -0.3 is 36.6 Å². The minimum absolute atomic E-state index is 0.0229. The number of carbonyl (C=O) groups excluding carboxylic acids is 6. The third kappa shape index (κ3) is 16.8. The van der Waals surface area contributed by atoms with Gasteiger partial charge >= 0.3 is 0 Å². The molecule has 0 aromatic rings. The average Bonchev–Trinajstić information content (AvgIpc) is 3.08. The van der Waals surface area contributed by atoms with Crippen molar-refractivity contribution in [2.45, 2.75) is 188 Å². The highest BCUT2D eigenvalue weighted by Crippen LogP contribution is 2.22. The molecule has 1 aliphatic rings. The largest absolute Gasteiger partial charge is 0.394 e. The van der Waals surface area contributed by atoms with Crippen LogP contribution in [-0.2, 0) is 28.8 Å². The molecular formula is C39H71N5O9. The minimum Gasteiger partial charge on any atom is -0.394 e. The summed E-state index contributed by atoms with van der Waals surface area (Å²) in [5.41, 5.74) is 0. The number of nitrogens with zero attached hydrogens (tertiary/aromatic N) is 1. The number of hydrogen-bond acceptors (Lipinski definition) is 9. The summed E-state index contributed by atoms with van der Waals surface area (Å²) in [6.45, 7) is 13.3. The topological polar surface area (TPSA) is 214 Å². The molecule has 1 heterocycles.